The van der Waals surface area contributed by atoms with Crippen LogP contribution in [-0.4, -0.2) is 36.3 Å². The van der Waals surface area contributed by atoms with E-state index in [4.69, 9.17) is 0 Å². The fourth-order valence-electron chi connectivity index (χ4n) is 1.53. The van der Waals surface area contributed by atoms with Gasteiger partial charge >= 0.3 is 0 Å². The van der Waals surface area contributed by atoms with Gasteiger partial charge in [0.05, 0.1) is 12.1 Å². The van der Waals surface area contributed by atoms with Crippen LogP contribution in [0.2, 0.25) is 0 Å². The summed E-state index contributed by atoms with van der Waals surface area (Å²) in [6, 6.07) is 0. The summed E-state index contributed by atoms with van der Waals surface area (Å²) >= 11 is 0. The number of guanidine groups is 1. The molecule has 1 saturated carbocycles. The standard InChI is InChI=1S/C8H15N3O/c12-8(2-1-3-8)6-11-7-9-4-5-10-7/h12H,1-6H2,(H2,9,10,11). The Bertz CT molecular complexity index is 198. The van der Waals surface area contributed by atoms with Gasteiger partial charge in [-0.25, -0.2) is 0 Å². The molecule has 3 N–H and O–H groups in total. The van der Waals surface area contributed by atoms with Crippen LogP contribution in [0.3, 0.4) is 0 Å². The zero-order valence-electron chi connectivity index (χ0n) is 7.14. The molecule has 0 unspecified atom stereocenters. The Hall–Kier alpha value is -0.770. The van der Waals surface area contributed by atoms with Crippen LogP contribution >= 0.6 is 0 Å². The van der Waals surface area contributed by atoms with Crippen molar-refractivity contribution in [3.8, 4) is 0 Å². The highest BCUT2D eigenvalue weighted by atomic mass is 16.3. The summed E-state index contributed by atoms with van der Waals surface area (Å²) in [5, 5.41) is 15.9. The monoisotopic (exact) mass is 169 g/mol. The fourth-order valence-corrected chi connectivity index (χ4v) is 1.53. The van der Waals surface area contributed by atoms with Crippen LogP contribution in [0.25, 0.3) is 0 Å². The second-order valence-electron chi connectivity index (χ2n) is 3.59. The molecule has 4 nitrogen and oxygen atoms in total. The Morgan fingerprint density at radius 1 is 1.58 bits per heavy atom. The minimum atomic E-state index is -0.452. The van der Waals surface area contributed by atoms with Crippen molar-refractivity contribution in [1.29, 1.82) is 0 Å². The lowest BCUT2D eigenvalue weighted by Gasteiger charge is -2.36. The lowest BCUT2D eigenvalue weighted by Crippen LogP contribution is -2.49. The average Bonchev–Trinajstić information content (AvgIpc) is 2.49. The fraction of sp³-hybridized carbons (Fsp3) is 0.875. The van der Waals surface area contributed by atoms with E-state index in [2.05, 4.69) is 15.6 Å². The van der Waals surface area contributed by atoms with Crippen LogP contribution in [0.15, 0.2) is 4.99 Å². The number of hydrogen-bond acceptors (Lipinski definition) is 4. The van der Waals surface area contributed by atoms with Gasteiger partial charge in [-0.1, -0.05) is 0 Å². The number of aliphatic hydroxyl groups is 1. The molecule has 0 spiro atoms. The van der Waals surface area contributed by atoms with E-state index in [1.54, 1.807) is 0 Å². The van der Waals surface area contributed by atoms with Crippen molar-refractivity contribution in [3.05, 3.63) is 0 Å². The molecular weight excluding hydrogens is 154 g/mol. The first kappa shape index (κ1) is 7.86. The zero-order valence-corrected chi connectivity index (χ0v) is 7.14. The van der Waals surface area contributed by atoms with Crippen molar-refractivity contribution >= 4 is 5.96 Å². The maximum Gasteiger partial charge on any atom is 0.191 e. The summed E-state index contributed by atoms with van der Waals surface area (Å²) in [5.74, 6) is 0.843. The molecule has 0 atom stereocenters. The molecule has 0 bridgehead atoms. The van der Waals surface area contributed by atoms with Gasteiger partial charge in [0.2, 0.25) is 0 Å². The number of rotatable bonds is 2. The number of aliphatic imine (C=N–C) groups is 1. The second kappa shape index (κ2) is 2.94. The van der Waals surface area contributed by atoms with E-state index in [9.17, 15) is 5.11 Å². The zero-order chi connectivity index (χ0) is 8.44. The topological polar surface area (TPSA) is 56.6 Å². The van der Waals surface area contributed by atoms with Crippen molar-refractivity contribution in [2.75, 3.05) is 19.6 Å². The lowest BCUT2D eigenvalue weighted by molar-refractivity contribution is -0.0278. The Balaban J connectivity index is 1.74. The molecule has 1 aliphatic heterocycles. The van der Waals surface area contributed by atoms with Gasteiger partial charge in [0, 0.05) is 13.1 Å². The number of hydrogen-bond donors (Lipinski definition) is 3. The molecule has 2 aliphatic rings. The van der Waals surface area contributed by atoms with E-state index >= 15 is 0 Å². The smallest absolute Gasteiger partial charge is 0.191 e. The molecule has 1 aliphatic carbocycles. The molecule has 0 aromatic heterocycles. The minimum Gasteiger partial charge on any atom is -0.388 e. The van der Waals surface area contributed by atoms with Gasteiger partial charge in [-0.15, -0.1) is 0 Å². The maximum atomic E-state index is 9.73. The van der Waals surface area contributed by atoms with Crippen molar-refractivity contribution in [3.63, 3.8) is 0 Å². The first-order valence-electron chi connectivity index (χ1n) is 4.53. The summed E-state index contributed by atoms with van der Waals surface area (Å²) in [4.78, 5) is 4.18. The highest BCUT2D eigenvalue weighted by molar-refractivity contribution is 5.81. The summed E-state index contributed by atoms with van der Waals surface area (Å²) in [6.45, 7) is 2.40. The van der Waals surface area contributed by atoms with Crippen LogP contribution in [0.1, 0.15) is 19.3 Å². The summed E-state index contributed by atoms with van der Waals surface area (Å²) < 4.78 is 0. The van der Waals surface area contributed by atoms with E-state index < -0.39 is 5.60 Å². The molecule has 1 fully saturated rings. The van der Waals surface area contributed by atoms with Gasteiger partial charge < -0.3 is 15.7 Å². The number of nitrogens with zero attached hydrogens (tertiary/aromatic N) is 1. The van der Waals surface area contributed by atoms with Gasteiger partial charge in [-0.05, 0) is 19.3 Å². The Kier molecular flexibility index (Phi) is 1.92. The second-order valence-corrected chi connectivity index (χ2v) is 3.59. The predicted molar refractivity (Wildman–Crippen MR) is 47.1 cm³/mol. The third-order valence-corrected chi connectivity index (χ3v) is 2.54. The number of nitrogens with one attached hydrogen (secondary N) is 2. The maximum absolute atomic E-state index is 9.73. The molecule has 68 valence electrons. The van der Waals surface area contributed by atoms with Crippen molar-refractivity contribution < 1.29 is 5.11 Å². The lowest BCUT2D eigenvalue weighted by atomic mass is 9.80. The molecule has 4 heteroatoms. The first-order chi connectivity index (χ1) is 5.79. The average molecular weight is 169 g/mol. The van der Waals surface area contributed by atoms with Crippen molar-refractivity contribution in [1.82, 2.24) is 10.6 Å². The first-order valence-corrected chi connectivity index (χ1v) is 4.53. The van der Waals surface area contributed by atoms with Gasteiger partial charge in [0.25, 0.3) is 0 Å². The van der Waals surface area contributed by atoms with E-state index in [-0.39, 0.29) is 0 Å². The molecule has 0 aromatic rings. The minimum absolute atomic E-state index is 0.452. The molecule has 2 rings (SSSR count). The molecule has 0 aromatic carbocycles. The highest BCUT2D eigenvalue weighted by Gasteiger charge is 2.34. The Morgan fingerprint density at radius 3 is 2.92 bits per heavy atom. The van der Waals surface area contributed by atoms with Crippen molar-refractivity contribution in [2.45, 2.75) is 24.9 Å². The summed E-state index contributed by atoms with van der Waals surface area (Å²) in [7, 11) is 0. The van der Waals surface area contributed by atoms with Crippen molar-refractivity contribution in [2.24, 2.45) is 4.99 Å². The molecule has 12 heavy (non-hydrogen) atoms. The van der Waals surface area contributed by atoms with Gasteiger partial charge in [-0.3, -0.25) is 4.99 Å². The Morgan fingerprint density at radius 2 is 2.42 bits per heavy atom. The van der Waals surface area contributed by atoms with E-state index in [1.807, 2.05) is 0 Å². The van der Waals surface area contributed by atoms with Crippen LogP contribution in [-0.2, 0) is 0 Å². The summed E-state index contributed by atoms with van der Waals surface area (Å²) in [6.07, 6.45) is 3.00. The molecule has 0 saturated heterocycles. The van der Waals surface area contributed by atoms with Gasteiger partial charge in [-0.2, -0.15) is 0 Å². The predicted octanol–water partition coefficient (Wildman–Crippen LogP) is -0.550. The molecule has 0 radical (unpaired) electrons. The third kappa shape index (κ3) is 1.53. The van der Waals surface area contributed by atoms with Crippen LogP contribution in [0.5, 0.6) is 0 Å². The van der Waals surface area contributed by atoms with Crippen LogP contribution in [0, 0.1) is 0 Å². The largest absolute Gasteiger partial charge is 0.388 e. The van der Waals surface area contributed by atoms with Crippen LogP contribution < -0.4 is 10.6 Å². The van der Waals surface area contributed by atoms with Gasteiger partial charge in [0.15, 0.2) is 5.96 Å². The third-order valence-electron chi connectivity index (χ3n) is 2.54. The Labute approximate surface area is 72.1 Å². The molecular formula is C8H15N3O. The highest BCUT2D eigenvalue weighted by Crippen LogP contribution is 2.30. The quantitative estimate of drug-likeness (QED) is 0.520. The van der Waals surface area contributed by atoms with E-state index in [0.717, 1.165) is 38.3 Å². The van der Waals surface area contributed by atoms with E-state index in [1.165, 1.54) is 0 Å². The SMILES string of the molecule is OC1(CNC2=NCCN2)CCC1. The molecule has 0 amide bonds. The van der Waals surface area contributed by atoms with Gasteiger partial charge in [0.1, 0.15) is 0 Å². The summed E-state index contributed by atoms with van der Waals surface area (Å²) in [5.41, 5.74) is -0.452. The van der Waals surface area contributed by atoms with E-state index in [0.29, 0.717) is 6.54 Å². The molecule has 1 heterocycles. The normalized spacial score (nSPS) is 25.6. The van der Waals surface area contributed by atoms with Crippen LogP contribution in [0.4, 0.5) is 0 Å².